The van der Waals surface area contributed by atoms with Gasteiger partial charge in [-0.25, -0.2) is 0 Å². The summed E-state index contributed by atoms with van der Waals surface area (Å²) < 4.78 is 5.02. The van der Waals surface area contributed by atoms with Gasteiger partial charge in [0.15, 0.2) is 6.29 Å². The van der Waals surface area contributed by atoms with E-state index in [0.717, 1.165) is 6.42 Å². The summed E-state index contributed by atoms with van der Waals surface area (Å²) >= 11 is 0. The molecule has 1 aliphatic heterocycles. The van der Waals surface area contributed by atoms with Gasteiger partial charge in [0, 0.05) is 6.42 Å². The van der Waals surface area contributed by atoms with Crippen LogP contribution in [0.15, 0.2) is 0 Å². The Morgan fingerprint density at radius 2 is 2.00 bits per heavy atom. The molecule has 1 N–H and O–H groups in total. The molecule has 0 aromatic rings. The van der Waals surface area contributed by atoms with Crippen LogP contribution >= 0.6 is 0 Å². The summed E-state index contributed by atoms with van der Waals surface area (Å²) in [7, 11) is 0. The fourth-order valence-corrected chi connectivity index (χ4v) is 1.05. The summed E-state index contributed by atoms with van der Waals surface area (Å²) in [6, 6.07) is 0. The Morgan fingerprint density at radius 1 is 1.33 bits per heavy atom. The van der Waals surface area contributed by atoms with Crippen molar-refractivity contribution in [3.63, 3.8) is 0 Å². The van der Waals surface area contributed by atoms with Crippen molar-refractivity contribution in [2.24, 2.45) is 11.8 Å². The predicted octanol–water partition coefficient (Wildman–Crippen LogP) is 0.997. The van der Waals surface area contributed by atoms with Gasteiger partial charge in [0.25, 0.3) is 0 Å². The Morgan fingerprint density at radius 3 is 2.44 bits per heavy atom. The molecule has 0 spiro atoms. The monoisotopic (exact) mass is 130 g/mol. The van der Waals surface area contributed by atoms with E-state index < -0.39 is 6.29 Å². The molecule has 1 fully saturated rings. The van der Waals surface area contributed by atoms with Crippen LogP contribution in [0.5, 0.6) is 0 Å². The molecule has 54 valence electrons. The second-order valence-electron chi connectivity index (χ2n) is 2.98. The van der Waals surface area contributed by atoms with Crippen LogP contribution in [0, 0.1) is 11.8 Å². The highest BCUT2D eigenvalue weighted by molar-refractivity contribution is 4.67. The maximum Gasteiger partial charge on any atom is 0.154 e. The first-order chi connectivity index (χ1) is 4.20. The zero-order valence-electron chi connectivity index (χ0n) is 6.00. The molecule has 0 bridgehead atoms. The van der Waals surface area contributed by atoms with Crippen LogP contribution in [0.1, 0.15) is 20.3 Å². The molecule has 0 aliphatic carbocycles. The van der Waals surface area contributed by atoms with Crippen LogP contribution in [-0.2, 0) is 4.74 Å². The highest BCUT2D eigenvalue weighted by atomic mass is 16.6. The molecule has 2 nitrogen and oxygen atoms in total. The summed E-state index contributed by atoms with van der Waals surface area (Å²) in [5.74, 6) is 1.21. The molecule has 9 heavy (non-hydrogen) atoms. The Balaban J connectivity index is 2.35. The SMILES string of the molecule is CC1COC(O)CC1C. The van der Waals surface area contributed by atoms with Crippen LogP contribution in [0.4, 0.5) is 0 Å². The molecule has 0 aromatic carbocycles. The first-order valence-electron chi connectivity index (χ1n) is 3.50. The molecule has 0 aromatic heterocycles. The normalized spacial score (nSPS) is 45.0. The Hall–Kier alpha value is -0.0800. The smallest absolute Gasteiger partial charge is 0.154 e. The summed E-state index contributed by atoms with van der Waals surface area (Å²) in [4.78, 5) is 0. The van der Waals surface area contributed by atoms with Gasteiger partial charge in [-0.05, 0) is 11.8 Å². The van der Waals surface area contributed by atoms with Gasteiger partial charge >= 0.3 is 0 Å². The topological polar surface area (TPSA) is 29.5 Å². The van der Waals surface area contributed by atoms with E-state index in [9.17, 15) is 0 Å². The first kappa shape index (κ1) is 7.03. The van der Waals surface area contributed by atoms with Crippen molar-refractivity contribution in [2.75, 3.05) is 6.61 Å². The van der Waals surface area contributed by atoms with Gasteiger partial charge in [-0.3, -0.25) is 0 Å². The third-order valence-electron chi connectivity index (χ3n) is 2.10. The fourth-order valence-electron chi connectivity index (χ4n) is 1.05. The largest absolute Gasteiger partial charge is 0.368 e. The van der Waals surface area contributed by atoms with Gasteiger partial charge in [-0.15, -0.1) is 0 Å². The molecule has 1 saturated heterocycles. The lowest BCUT2D eigenvalue weighted by Gasteiger charge is -2.29. The first-order valence-corrected chi connectivity index (χ1v) is 3.50. The van der Waals surface area contributed by atoms with Crippen molar-refractivity contribution in [1.29, 1.82) is 0 Å². The van der Waals surface area contributed by atoms with Crippen LogP contribution in [-0.4, -0.2) is 18.0 Å². The molecule has 1 heterocycles. The minimum absolute atomic E-state index is 0.504. The lowest BCUT2D eigenvalue weighted by Crippen LogP contribution is -2.30. The van der Waals surface area contributed by atoms with Crippen LogP contribution < -0.4 is 0 Å². The van der Waals surface area contributed by atoms with E-state index in [1.807, 2.05) is 0 Å². The number of aliphatic hydroxyl groups excluding tert-OH is 1. The number of hydrogen-bond donors (Lipinski definition) is 1. The Kier molecular flexibility index (Phi) is 2.09. The maximum absolute atomic E-state index is 8.98. The lowest BCUT2D eigenvalue weighted by molar-refractivity contribution is -0.153. The molecular weight excluding hydrogens is 116 g/mol. The van der Waals surface area contributed by atoms with Crippen molar-refractivity contribution >= 4 is 0 Å². The van der Waals surface area contributed by atoms with Crippen LogP contribution in [0.3, 0.4) is 0 Å². The molecule has 0 amide bonds. The van der Waals surface area contributed by atoms with Gasteiger partial charge in [0.1, 0.15) is 0 Å². The third-order valence-corrected chi connectivity index (χ3v) is 2.10. The van der Waals surface area contributed by atoms with E-state index in [2.05, 4.69) is 13.8 Å². The van der Waals surface area contributed by atoms with E-state index in [1.54, 1.807) is 0 Å². The zero-order valence-corrected chi connectivity index (χ0v) is 6.00. The zero-order chi connectivity index (χ0) is 6.85. The molecule has 1 aliphatic rings. The van der Waals surface area contributed by atoms with Crippen LogP contribution in [0.25, 0.3) is 0 Å². The van der Waals surface area contributed by atoms with Gasteiger partial charge in [-0.2, -0.15) is 0 Å². The van der Waals surface area contributed by atoms with Gasteiger partial charge in [0.2, 0.25) is 0 Å². The molecule has 3 unspecified atom stereocenters. The summed E-state index contributed by atoms with van der Waals surface area (Å²) in [5.41, 5.74) is 0. The maximum atomic E-state index is 8.98. The second kappa shape index (κ2) is 2.67. The third kappa shape index (κ3) is 1.66. The van der Waals surface area contributed by atoms with Crippen molar-refractivity contribution in [3.8, 4) is 0 Å². The van der Waals surface area contributed by atoms with E-state index >= 15 is 0 Å². The Bertz CT molecular complexity index is 92.9. The van der Waals surface area contributed by atoms with Crippen LogP contribution in [0.2, 0.25) is 0 Å². The minimum Gasteiger partial charge on any atom is -0.368 e. The van der Waals surface area contributed by atoms with Crippen molar-refractivity contribution in [2.45, 2.75) is 26.6 Å². The average Bonchev–Trinajstić information content (AvgIpc) is 1.80. The standard InChI is InChI=1S/C7H14O2/c1-5-3-7(8)9-4-6(5)2/h5-8H,3-4H2,1-2H3. The molecule has 2 heteroatoms. The number of hydrogen-bond acceptors (Lipinski definition) is 2. The van der Waals surface area contributed by atoms with Gasteiger partial charge < -0.3 is 9.84 Å². The highest BCUT2D eigenvalue weighted by Crippen LogP contribution is 2.23. The molecular formula is C7H14O2. The average molecular weight is 130 g/mol. The quantitative estimate of drug-likeness (QED) is 0.530. The molecule has 1 rings (SSSR count). The summed E-state index contributed by atoms with van der Waals surface area (Å²) in [6.45, 7) is 5.01. The fraction of sp³-hybridized carbons (Fsp3) is 1.00. The lowest BCUT2D eigenvalue weighted by atomic mass is 9.91. The number of rotatable bonds is 0. The van der Waals surface area contributed by atoms with Crippen molar-refractivity contribution in [3.05, 3.63) is 0 Å². The summed E-state index contributed by atoms with van der Waals surface area (Å²) in [6.07, 6.45) is 0.289. The highest BCUT2D eigenvalue weighted by Gasteiger charge is 2.22. The molecule has 3 atom stereocenters. The van der Waals surface area contributed by atoms with Gasteiger partial charge in [0.05, 0.1) is 6.61 Å². The van der Waals surface area contributed by atoms with E-state index in [4.69, 9.17) is 9.84 Å². The molecule has 0 saturated carbocycles. The number of aliphatic hydroxyl groups is 1. The van der Waals surface area contributed by atoms with Gasteiger partial charge in [-0.1, -0.05) is 13.8 Å². The molecule has 0 radical (unpaired) electrons. The van der Waals surface area contributed by atoms with E-state index in [1.165, 1.54) is 0 Å². The van der Waals surface area contributed by atoms with Crippen molar-refractivity contribution in [1.82, 2.24) is 0 Å². The predicted molar refractivity (Wildman–Crippen MR) is 34.9 cm³/mol. The minimum atomic E-state index is -0.504. The number of ether oxygens (including phenoxy) is 1. The van der Waals surface area contributed by atoms with Crippen molar-refractivity contribution < 1.29 is 9.84 Å². The van der Waals surface area contributed by atoms with E-state index in [0.29, 0.717) is 18.4 Å². The second-order valence-corrected chi connectivity index (χ2v) is 2.98. The Labute approximate surface area is 55.8 Å². The van der Waals surface area contributed by atoms with E-state index in [-0.39, 0.29) is 0 Å². The summed E-state index contributed by atoms with van der Waals surface area (Å²) in [5, 5.41) is 8.98.